The molecule has 0 radical (unpaired) electrons. The Labute approximate surface area is 179 Å². The lowest BCUT2D eigenvalue weighted by Crippen LogP contribution is -2.16. The Hall–Kier alpha value is -3.30. The number of nitro groups is 1. The standard InChI is InChI=1S/C20H22N6O3.ClH/c1-20(2,3)15-9-6-13(10-16(15)26(28)29)19(27)22-14-7-4-12(5-8-14)18-23-17(11-21)24-25-18;/h4-10H,11,21H2,1-3H3,(H,22,27)(H,23,24,25);1H. The van der Waals surface area contributed by atoms with E-state index < -0.39 is 16.2 Å². The molecule has 158 valence electrons. The highest BCUT2D eigenvalue weighted by Gasteiger charge is 2.26. The van der Waals surface area contributed by atoms with Gasteiger partial charge in [0.25, 0.3) is 11.6 Å². The maximum absolute atomic E-state index is 12.6. The summed E-state index contributed by atoms with van der Waals surface area (Å²) in [7, 11) is 0. The van der Waals surface area contributed by atoms with E-state index in [1.807, 2.05) is 20.8 Å². The number of anilines is 1. The van der Waals surface area contributed by atoms with E-state index in [0.717, 1.165) is 5.56 Å². The van der Waals surface area contributed by atoms with Crippen molar-refractivity contribution in [2.24, 2.45) is 5.73 Å². The molecule has 3 aromatic rings. The SMILES string of the molecule is CC(C)(C)c1ccc(C(=O)Nc2ccc(-c3n[nH]c(CN)n3)cc2)cc1[N+](=O)[O-].Cl. The van der Waals surface area contributed by atoms with Crippen LogP contribution in [0.25, 0.3) is 11.4 Å². The van der Waals surface area contributed by atoms with Gasteiger partial charge in [0.15, 0.2) is 5.82 Å². The molecular formula is C20H23ClN6O3. The van der Waals surface area contributed by atoms with Gasteiger partial charge in [-0.3, -0.25) is 20.0 Å². The number of hydrogen-bond donors (Lipinski definition) is 3. The summed E-state index contributed by atoms with van der Waals surface area (Å²) >= 11 is 0. The molecule has 1 heterocycles. The number of aromatic amines is 1. The molecule has 0 bridgehead atoms. The van der Waals surface area contributed by atoms with E-state index in [1.54, 1.807) is 36.4 Å². The third kappa shape index (κ3) is 5.00. The molecule has 0 aliphatic carbocycles. The van der Waals surface area contributed by atoms with Crippen molar-refractivity contribution in [2.75, 3.05) is 5.32 Å². The minimum atomic E-state index is -0.460. The summed E-state index contributed by atoms with van der Waals surface area (Å²) in [5.74, 6) is 0.666. The van der Waals surface area contributed by atoms with Gasteiger partial charge in [-0.2, -0.15) is 5.10 Å². The molecule has 0 saturated carbocycles. The second-order valence-electron chi connectivity index (χ2n) is 7.58. The number of halogens is 1. The van der Waals surface area contributed by atoms with Gasteiger partial charge in [-0.1, -0.05) is 26.8 Å². The predicted molar refractivity (Wildman–Crippen MR) is 117 cm³/mol. The number of carbonyl (C=O) groups excluding carboxylic acids is 1. The van der Waals surface area contributed by atoms with Gasteiger partial charge in [0, 0.05) is 28.4 Å². The molecule has 0 spiro atoms. The van der Waals surface area contributed by atoms with Crippen molar-refractivity contribution in [2.45, 2.75) is 32.7 Å². The first-order valence-corrected chi connectivity index (χ1v) is 9.01. The average Bonchev–Trinajstić information content (AvgIpc) is 3.16. The summed E-state index contributed by atoms with van der Waals surface area (Å²) in [5, 5.41) is 21.0. The number of H-pyrrole nitrogens is 1. The molecule has 0 unspecified atom stereocenters. The summed E-state index contributed by atoms with van der Waals surface area (Å²) in [6.45, 7) is 5.94. The number of hydrogen-bond acceptors (Lipinski definition) is 6. The lowest BCUT2D eigenvalue weighted by atomic mass is 9.85. The van der Waals surface area contributed by atoms with Crippen LogP contribution >= 0.6 is 12.4 Å². The summed E-state index contributed by atoms with van der Waals surface area (Å²) in [6, 6.07) is 11.5. The molecule has 0 fully saturated rings. The van der Waals surface area contributed by atoms with Gasteiger partial charge in [0.2, 0.25) is 0 Å². The Morgan fingerprint density at radius 1 is 1.20 bits per heavy atom. The Morgan fingerprint density at radius 2 is 1.87 bits per heavy atom. The van der Waals surface area contributed by atoms with Gasteiger partial charge in [-0.25, -0.2) is 4.98 Å². The van der Waals surface area contributed by atoms with Crippen LogP contribution in [0.4, 0.5) is 11.4 Å². The quantitative estimate of drug-likeness (QED) is 0.415. The van der Waals surface area contributed by atoms with Gasteiger partial charge in [-0.15, -0.1) is 12.4 Å². The number of aromatic nitrogens is 3. The summed E-state index contributed by atoms with van der Waals surface area (Å²) < 4.78 is 0. The normalized spacial score (nSPS) is 10.9. The molecule has 1 aromatic heterocycles. The minimum Gasteiger partial charge on any atom is -0.324 e. The van der Waals surface area contributed by atoms with Crippen molar-refractivity contribution in [3.63, 3.8) is 0 Å². The summed E-state index contributed by atoms with van der Waals surface area (Å²) in [5.41, 5.74) is 7.15. The van der Waals surface area contributed by atoms with Crippen LogP contribution in [0.2, 0.25) is 0 Å². The topological polar surface area (TPSA) is 140 Å². The second kappa shape index (κ2) is 9.02. The molecule has 10 heteroatoms. The van der Waals surface area contributed by atoms with E-state index in [-0.39, 0.29) is 30.2 Å². The molecular weight excluding hydrogens is 408 g/mol. The van der Waals surface area contributed by atoms with Crippen molar-refractivity contribution in [1.82, 2.24) is 15.2 Å². The van der Waals surface area contributed by atoms with Crippen molar-refractivity contribution >= 4 is 29.7 Å². The number of rotatable bonds is 5. The van der Waals surface area contributed by atoms with Crippen LogP contribution < -0.4 is 11.1 Å². The van der Waals surface area contributed by atoms with E-state index >= 15 is 0 Å². The number of benzene rings is 2. The Morgan fingerprint density at radius 3 is 2.40 bits per heavy atom. The predicted octanol–water partition coefficient (Wildman–Crippen LogP) is 3.81. The summed E-state index contributed by atoms with van der Waals surface area (Å²) in [6.07, 6.45) is 0. The number of nitro benzene ring substituents is 1. The van der Waals surface area contributed by atoms with Gasteiger partial charge in [-0.05, 0) is 35.7 Å². The maximum Gasteiger partial charge on any atom is 0.273 e. The number of nitrogens with two attached hydrogens (primary N) is 1. The van der Waals surface area contributed by atoms with Gasteiger partial charge in [0.1, 0.15) is 5.82 Å². The van der Waals surface area contributed by atoms with Crippen LogP contribution in [0.15, 0.2) is 42.5 Å². The molecule has 0 aliphatic rings. The maximum atomic E-state index is 12.6. The molecule has 2 aromatic carbocycles. The average molecular weight is 431 g/mol. The lowest BCUT2D eigenvalue weighted by molar-refractivity contribution is -0.386. The minimum absolute atomic E-state index is 0. The fraction of sp³-hybridized carbons (Fsp3) is 0.250. The lowest BCUT2D eigenvalue weighted by Gasteiger charge is -2.19. The second-order valence-corrected chi connectivity index (χ2v) is 7.58. The fourth-order valence-corrected chi connectivity index (χ4v) is 2.88. The molecule has 1 amide bonds. The molecule has 0 aliphatic heterocycles. The first kappa shape index (κ1) is 23.0. The number of amides is 1. The van der Waals surface area contributed by atoms with E-state index in [0.29, 0.717) is 22.9 Å². The van der Waals surface area contributed by atoms with Crippen LogP contribution in [0, 0.1) is 10.1 Å². The van der Waals surface area contributed by atoms with E-state index in [4.69, 9.17) is 5.73 Å². The monoisotopic (exact) mass is 430 g/mol. The van der Waals surface area contributed by atoms with E-state index in [1.165, 1.54) is 6.07 Å². The van der Waals surface area contributed by atoms with Crippen molar-refractivity contribution in [1.29, 1.82) is 0 Å². The van der Waals surface area contributed by atoms with Crippen LogP contribution in [0.3, 0.4) is 0 Å². The van der Waals surface area contributed by atoms with Gasteiger partial charge >= 0.3 is 0 Å². The fourth-order valence-electron chi connectivity index (χ4n) is 2.88. The highest BCUT2D eigenvalue weighted by molar-refractivity contribution is 6.04. The van der Waals surface area contributed by atoms with E-state index in [9.17, 15) is 14.9 Å². The van der Waals surface area contributed by atoms with E-state index in [2.05, 4.69) is 20.5 Å². The molecule has 3 rings (SSSR count). The van der Waals surface area contributed by atoms with Crippen LogP contribution in [-0.4, -0.2) is 26.0 Å². The van der Waals surface area contributed by atoms with Crippen molar-refractivity contribution in [3.05, 3.63) is 69.5 Å². The third-order valence-corrected chi connectivity index (χ3v) is 4.39. The molecule has 0 atom stereocenters. The zero-order valence-electron chi connectivity index (χ0n) is 16.8. The molecule has 9 nitrogen and oxygen atoms in total. The zero-order chi connectivity index (χ0) is 21.2. The Kier molecular flexibility index (Phi) is 6.91. The van der Waals surface area contributed by atoms with Crippen molar-refractivity contribution < 1.29 is 9.72 Å². The first-order valence-electron chi connectivity index (χ1n) is 9.01. The highest BCUT2D eigenvalue weighted by atomic mass is 35.5. The first-order chi connectivity index (χ1) is 13.7. The Balaban J connectivity index is 0.00000320. The Bertz CT molecular complexity index is 1060. The zero-order valence-corrected chi connectivity index (χ0v) is 17.6. The molecule has 0 saturated heterocycles. The number of nitrogens with one attached hydrogen (secondary N) is 2. The number of nitrogens with zero attached hydrogens (tertiary/aromatic N) is 3. The summed E-state index contributed by atoms with van der Waals surface area (Å²) in [4.78, 5) is 27.8. The number of carbonyl (C=O) groups is 1. The molecule has 30 heavy (non-hydrogen) atoms. The van der Waals surface area contributed by atoms with Gasteiger partial charge < -0.3 is 11.1 Å². The van der Waals surface area contributed by atoms with Crippen LogP contribution in [0.5, 0.6) is 0 Å². The molecule has 4 N–H and O–H groups in total. The smallest absolute Gasteiger partial charge is 0.273 e. The third-order valence-electron chi connectivity index (χ3n) is 4.39. The highest BCUT2D eigenvalue weighted by Crippen LogP contribution is 2.32. The van der Waals surface area contributed by atoms with Crippen LogP contribution in [-0.2, 0) is 12.0 Å². The largest absolute Gasteiger partial charge is 0.324 e. The van der Waals surface area contributed by atoms with Gasteiger partial charge in [0.05, 0.1) is 11.5 Å². The van der Waals surface area contributed by atoms with Crippen molar-refractivity contribution in [3.8, 4) is 11.4 Å². The van der Waals surface area contributed by atoms with Crippen LogP contribution in [0.1, 0.15) is 42.5 Å².